The van der Waals surface area contributed by atoms with Crippen LogP contribution in [-0.2, 0) is 4.74 Å². The molecule has 1 N–H and O–H groups in total. The number of guanidine groups is 1. The van der Waals surface area contributed by atoms with E-state index in [0.29, 0.717) is 6.61 Å². The summed E-state index contributed by atoms with van der Waals surface area (Å²) >= 11 is 0. The molecule has 1 aromatic carbocycles. The Hall–Kier alpha value is -1.06. The summed E-state index contributed by atoms with van der Waals surface area (Å²) in [7, 11) is 0. The summed E-state index contributed by atoms with van der Waals surface area (Å²) in [5.41, 5.74) is 1.18. The number of benzene rings is 1. The van der Waals surface area contributed by atoms with Gasteiger partial charge >= 0.3 is 0 Å². The standard InChI is InChI=1S/C22H36N4O2.HI/c1-3-23-22(24-10-6-14-28-21-8-5-4-7-19(21)2)26-11-9-20(18-26)17-25-12-15-27-16-13-25;/h4-5,7-8,20H,3,6,9-18H2,1-2H3,(H,23,24);1H. The molecule has 2 fully saturated rings. The minimum Gasteiger partial charge on any atom is -0.493 e. The van der Waals surface area contributed by atoms with Crippen LogP contribution in [0.5, 0.6) is 5.75 Å². The first-order valence-corrected chi connectivity index (χ1v) is 10.8. The van der Waals surface area contributed by atoms with Gasteiger partial charge in [-0.3, -0.25) is 9.89 Å². The molecular formula is C22H37IN4O2. The molecule has 0 spiro atoms. The van der Waals surface area contributed by atoms with Crippen LogP contribution in [0, 0.1) is 12.8 Å². The topological polar surface area (TPSA) is 49.3 Å². The number of morpholine rings is 1. The Morgan fingerprint density at radius 1 is 1.24 bits per heavy atom. The maximum Gasteiger partial charge on any atom is 0.193 e. The second kappa shape index (κ2) is 13.3. The van der Waals surface area contributed by atoms with Crippen LogP contribution in [0.3, 0.4) is 0 Å². The number of halogens is 1. The van der Waals surface area contributed by atoms with Crippen LogP contribution < -0.4 is 10.1 Å². The molecular weight excluding hydrogens is 479 g/mol. The van der Waals surface area contributed by atoms with Crippen molar-refractivity contribution >= 4 is 29.9 Å². The number of likely N-dealkylation sites (tertiary alicyclic amines) is 1. The van der Waals surface area contributed by atoms with E-state index >= 15 is 0 Å². The fraction of sp³-hybridized carbons (Fsp3) is 0.682. The van der Waals surface area contributed by atoms with Crippen molar-refractivity contribution < 1.29 is 9.47 Å². The number of nitrogens with one attached hydrogen (secondary N) is 1. The Balaban J connectivity index is 0.00000300. The number of rotatable bonds is 8. The van der Waals surface area contributed by atoms with E-state index in [0.717, 1.165) is 76.5 Å². The molecule has 0 radical (unpaired) electrons. The average Bonchev–Trinajstić information content (AvgIpc) is 3.17. The third-order valence-electron chi connectivity index (χ3n) is 5.46. The molecule has 29 heavy (non-hydrogen) atoms. The molecule has 1 unspecified atom stereocenters. The van der Waals surface area contributed by atoms with Gasteiger partial charge in [-0.15, -0.1) is 24.0 Å². The molecule has 1 atom stereocenters. The normalized spacial score (nSPS) is 20.4. The van der Waals surface area contributed by atoms with E-state index in [2.05, 4.69) is 35.0 Å². The minimum atomic E-state index is 0. The van der Waals surface area contributed by atoms with Gasteiger partial charge in [0.25, 0.3) is 0 Å². The van der Waals surface area contributed by atoms with Gasteiger partial charge in [0, 0.05) is 52.2 Å². The zero-order valence-electron chi connectivity index (χ0n) is 17.9. The van der Waals surface area contributed by atoms with Crippen molar-refractivity contribution in [2.75, 3.05) is 65.6 Å². The first-order chi connectivity index (χ1) is 13.8. The molecule has 164 valence electrons. The highest BCUT2D eigenvalue weighted by molar-refractivity contribution is 14.0. The van der Waals surface area contributed by atoms with Crippen molar-refractivity contribution in [3.05, 3.63) is 29.8 Å². The lowest BCUT2D eigenvalue weighted by Gasteiger charge is -2.29. The van der Waals surface area contributed by atoms with E-state index < -0.39 is 0 Å². The van der Waals surface area contributed by atoms with Crippen molar-refractivity contribution in [1.82, 2.24) is 15.1 Å². The van der Waals surface area contributed by atoms with Gasteiger partial charge in [0.15, 0.2) is 5.96 Å². The predicted octanol–water partition coefficient (Wildman–Crippen LogP) is 3.00. The summed E-state index contributed by atoms with van der Waals surface area (Å²) in [5, 5.41) is 3.47. The van der Waals surface area contributed by atoms with Gasteiger partial charge in [-0.05, 0) is 37.8 Å². The van der Waals surface area contributed by atoms with E-state index in [1.165, 1.54) is 18.5 Å². The molecule has 7 heteroatoms. The summed E-state index contributed by atoms with van der Waals surface area (Å²) in [6, 6.07) is 8.17. The fourth-order valence-electron chi connectivity index (χ4n) is 3.90. The zero-order valence-corrected chi connectivity index (χ0v) is 20.3. The lowest BCUT2D eigenvalue weighted by Crippen LogP contribution is -2.42. The van der Waals surface area contributed by atoms with Gasteiger partial charge < -0.3 is 19.7 Å². The smallest absolute Gasteiger partial charge is 0.193 e. The van der Waals surface area contributed by atoms with Crippen LogP contribution in [0.2, 0.25) is 0 Å². The summed E-state index contributed by atoms with van der Waals surface area (Å²) in [6.07, 6.45) is 2.17. The number of aryl methyl sites for hydroxylation is 1. The summed E-state index contributed by atoms with van der Waals surface area (Å²) in [6.45, 7) is 13.9. The van der Waals surface area contributed by atoms with Crippen molar-refractivity contribution in [2.45, 2.75) is 26.7 Å². The molecule has 3 rings (SSSR count). The molecule has 1 aromatic rings. The average molecular weight is 516 g/mol. The molecule has 2 aliphatic rings. The zero-order chi connectivity index (χ0) is 19.6. The first kappa shape index (κ1) is 24.2. The lowest BCUT2D eigenvalue weighted by atomic mass is 10.1. The van der Waals surface area contributed by atoms with Gasteiger partial charge in [0.05, 0.1) is 19.8 Å². The maximum atomic E-state index is 5.89. The SMILES string of the molecule is CCNC(=NCCCOc1ccccc1C)N1CCC(CN2CCOCC2)C1.I. The van der Waals surface area contributed by atoms with Crippen LogP contribution in [0.1, 0.15) is 25.3 Å². The monoisotopic (exact) mass is 516 g/mol. The Morgan fingerprint density at radius 2 is 2.03 bits per heavy atom. The molecule has 0 amide bonds. The maximum absolute atomic E-state index is 5.89. The summed E-state index contributed by atoms with van der Waals surface area (Å²) in [4.78, 5) is 9.82. The molecule has 2 saturated heterocycles. The largest absolute Gasteiger partial charge is 0.493 e. The molecule has 2 heterocycles. The van der Waals surface area contributed by atoms with Crippen LogP contribution in [0.15, 0.2) is 29.3 Å². The van der Waals surface area contributed by atoms with Crippen molar-refractivity contribution in [3.8, 4) is 5.75 Å². The highest BCUT2D eigenvalue weighted by atomic mass is 127. The fourth-order valence-corrected chi connectivity index (χ4v) is 3.90. The third kappa shape index (κ3) is 7.94. The van der Waals surface area contributed by atoms with E-state index in [9.17, 15) is 0 Å². The highest BCUT2D eigenvalue weighted by Crippen LogP contribution is 2.19. The predicted molar refractivity (Wildman–Crippen MR) is 130 cm³/mol. The van der Waals surface area contributed by atoms with E-state index in [4.69, 9.17) is 14.5 Å². The lowest BCUT2D eigenvalue weighted by molar-refractivity contribution is 0.0315. The Morgan fingerprint density at radius 3 is 2.79 bits per heavy atom. The Bertz CT molecular complexity index is 623. The van der Waals surface area contributed by atoms with E-state index in [1.807, 2.05) is 18.2 Å². The van der Waals surface area contributed by atoms with Crippen LogP contribution >= 0.6 is 24.0 Å². The van der Waals surface area contributed by atoms with E-state index in [1.54, 1.807) is 0 Å². The molecule has 0 saturated carbocycles. The molecule has 0 aromatic heterocycles. The molecule has 6 nitrogen and oxygen atoms in total. The number of nitrogens with zero attached hydrogens (tertiary/aromatic N) is 3. The quantitative estimate of drug-likeness (QED) is 0.249. The number of hydrogen-bond donors (Lipinski definition) is 1. The van der Waals surface area contributed by atoms with Crippen molar-refractivity contribution in [2.24, 2.45) is 10.9 Å². The van der Waals surface area contributed by atoms with Crippen LogP contribution in [-0.4, -0.2) is 81.4 Å². The molecule has 0 bridgehead atoms. The second-order valence-electron chi connectivity index (χ2n) is 7.72. The van der Waals surface area contributed by atoms with Crippen LogP contribution in [0.25, 0.3) is 0 Å². The van der Waals surface area contributed by atoms with Crippen LogP contribution in [0.4, 0.5) is 0 Å². The number of aliphatic imine (C=N–C) groups is 1. The van der Waals surface area contributed by atoms with Gasteiger partial charge in [-0.1, -0.05) is 18.2 Å². The number of hydrogen-bond acceptors (Lipinski definition) is 4. The van der Waals surface area contributed by atoms with Crippen molar-refractivity contribution in [1.29, 1.82) is 0 Å². The first-order valence-electron chi connectivity index (χ1n) is 10.8. The third-order valence-corrected chi connectivity index (χ3v) is 5.46. The number of para-hydroxylation sites is 1. The van der Waals surface area contributed by atoms with E-state index in [-0.39, 0.29) is 24.0 Å². The Labute approximate surface area is 193 Å². The van der Waals surface area contributed by atoms with Gasteiger partial charge in [-0.25, -0.2) is 0 Å². The minimum absolute atomic E-state index is 0. The summed E-state index contributed by atoms with van der Waals surface area (Å²) in [5.74, 6) is 2.76. The molecule has 2 aliphatic heterocycles. The summed E-state index contributed by atoms with van der Waals surface area (Å²) < 4.78 is 11.3. The van der Waals surface area contributed by atoms with Gasteiger partial charge in [0.1, 0.15) is 5.75 Å². The van der Waals surface area contributed by atoms with Crippen molar-refractivity contribution in [3.63, 3.8) is 0 Å². The molecule has 0 aliphatic carbocycles. The van der Waals surface area contributed by atoms with Gasteiger partial charge in [0.2, 0.25) is 0 Å². The highest BCUT2D eigenvalue weighted by Gasteiger charge is 2.27. The second-order valence-corrected chi connectivity index (χ2v) is 7.72. The number of ether oxygens (including phenoxy) is 2. The van der Waals surface area contributed by atoms with Gasteiger partial charge in [-0.2, -0.15) is 0 Å². The Kier molecular flexibility index (Phi) is 11.1.